The molecule has 0 N–H and O–H groups in total. The highest BCUT2D eigenvalue weighted by Gasteiger charge is 2.30. The molecule has 18 heavy (non-hydrogen) atoms. The number of rotatable bonds is 2. The largest absolute Gasteiger partial charge is 0.362 e. The van der Waals surface area contributed by atoms with Crippen molar-refractivity contribution in [2.75, 3.05) is 0 Å². The molecule has 0 atom stereocenters. The van der Waals surface area contributed by atoms with E-state index in [0.717, 1.165) is 0 Å². The van der Waals surface area contributed by atoms with Gasteiger partial charge in [0, 0.05) is 17.2 Å². The molecule has 0 bridgehead atoms. The Morgan fingerprint density at radius 3 is 2.61 bits per heavy atom. The summed E-state index contributed by atoms with van der Waals surface area (Å²) in [6.07, 6.45) is 2.60. The molecule has 1 aromatic carbocycles. The van der Waals surface area contributed by atoms with E-state index in [9.17, 15) is 13.2 Å². The lowest BCUT2D eigenvalue weighted by atomic mass is 9.95. The van der Waals surface area contributed by atoms with Crippen molar-refractivity contribution in [2.24, 2.45) is 0 Å². The fraction of sp³-hybridized carbons (Fsp3) is 0. The van der Waals surface area contributed by atoms with Crippen LogP contribution in [0.1, 0.15) is 15.9 Å². The Balaban J connectivity index is 2.76. The van der Waals surface area contributed by atoms with Gasteiger partial charge in [0.25, 0.3) is 15.9 Å². The van der Waals surface area contributed by atoms with Gasteiger partial charge in [0.1, 0.15) is 4.90 Å². The maximum Gasteiger partial charge on any atom is 0.362 e. The summed E-state index contributed by atoms with van der Waals surface area (Å²) in [5.74, 6) is -0.559. The molecule has 1 aromatic rings. The van der Waals surface area contributed by atoms with E-state index in [2.05, 4.69) is 16.1 Å². The second-order valence-corrected chi connectivity index (χ2v) is 5.02. The molecule has 0 fully saturated rings. The number of carbonyl (C=O) groups is 1. The minimum atomic E-state index is -4.00. The third kappa shape index (κ3) is 1.80. The van der Waals surface area contributed by atoms with Gasteiger partial charge in [-0.15, -0.1) is 0 Å². The number of ketones is 1. The molecule has 7 heteroatoms. The van der Waals surface area contributed by atoms with Crippen LogP contribution in [0.5, 0.6) is 0 Å². The van der Waals surface area contributed by atoms with Gasteiger partial charge in [0.2, 0.25) is 0 Å². The van der Waals surface area contributed by atoms with Crippen LogP contribution in [-0.2, 0) is 14.3 Å². The van der Waals surface area contributed by atoms with Gasteiger partial charge >= 0.3 is 5.71 Å². The lowest BCUT2D eigenvalue weighted by Crippen LogP contribution is -2.19. The number of allylic oxidation sites excluding steroid dienone is 1. The third-order valence-corrected chi connectivity index (χ3v) is 3.69. The van der Waals surface area contributed by atoms with Gasteiger partial charge in [-0.2, -0.15) is 13.2 Å². The zero-order chi connectivity index (χ0) is 13.3. The van der Waals surface area contributed by atoms with Gasteiger partial charge in [0.15, 0.2) is 0 Å². The van der Waals surface area contributed by atoms with E-state index in [0.29, 0.717) is 0 Å². The van der Waals surface area contributed by atoms with Crippen molar-refractivity contribution in [3.8, 4) is 0 Å². The zero-order valence-electron chi connectivity index (χ0n) is 9.03. The molecule has 6 nitrogen and oxygen atoms in total. The van der Waals surface area contributed by atoms with E-state index in [1.165, 1.54) is 30.4 Å². The van der Waals surface area contributed by atoms with Crippen LogP contribution >= 0.6 is 0 Å². The molecule has 0 saturated heterocycles. The van der Waals surface area contributed by atoms with E-state index in [-0.39, 0.29) is 21.7 Å². The van der Waals surface area contributed by atoms with E-state index in [1.54, 1.807) is 0 Å². The minimum Gasteiger partial charge on any atom is -0.361 e. The third-order valence-electron chi connectivity index (χ3n) is 2.48. The highest BCUT2D eigenvalue weighted by molar-refractivity contribution is 7.86. The van der Waals surface area contributed by atoms with Gasteiger partial charge in [-0.3, -0.25) is 8.98 Å². The molecule has 0 saturated carbocycles. The molecule has 1 aliphatic rings. The summed E-state index contributed by atoms with van der Waals surface area (Å²) in [4.78, 5) is 14.5. The molecular weight excluding hydrogens is 256 g/mol. The SMILES string of the molecule is [CH2]OS(=O)(=O)c1cccc2c1C=CC(=[N+]=[N-])C2=O. The first-order chi connectivity index (χ1) is 8.51. The van der Waals surface area contributed by atoms with Crippen LogP contribution in [0.25, 0.3) is 11.6 Å². The fourth-order valence-electron chi connectivity index (χ4n) is 1.65. The van der Waals surface area contributed by atoms with Gasteiger partial charge in [-0.1, -0.05) is 12.1 Å². The van der Waals surface area contributed by atoms with Crippen molar-refractivity contribution < 1.29 is 22.2 Å². The Bertz CT molecular complexity index is 713. The van der Waals surface area contributed by atoms with Crippen LogP contribution in [0, 0.1) is 7.11 Å². The van der Waals surface area contributed by atoms with Crippen molar-refractivity contribution >= 4 is 27.7 Å². The molecule has 1 aliphatic carbocycles. The number of fused-ring (bicyclic) bond motifs is 1. The average molecular weight is 263 g/mol. The van der Waals surface area contributed by atoms with Crippen molar-refractivity contribution in [1.82, 2.24) is 0 Å². The maximum atomic E-state index is 11.8. The summed E-state index contributed by atoms with van der Waals surface area (Å²) < 4.78 is 27.4. The van der Waals surface area contributed by atoms with Gasteiger partial charge < -0.3 is 5.53 Å². The number of nitrogens with zero attached hydrogens (tertiary/aromatic N) is 2. The standard InChI is InChI=1S/C11H7N2O4S/c1-17-18(15,16)10-4-2-3-8-7(10)5-6-9(13-12)11(8)14/h2-6H,1H2. The van der Waals surface area contributed by atoms with Crippen LogP contribution in [0.4, 0.5) is 0 Å². The van der Waals surface area contributed by atoms with Crippen LogP contribution in [-0.4, -0.2) is 24.7 Å². The first-order valence-corrected chi connectivity index (χ1v) is 6.18. The molecule has 91 valence electrons. The average Bonchev–Trinajstić information content (AvgIpc) is 2.39. The van der Waals surface area contributed by atoms with E-state index in [1.807, 2.05) is 0 Å². The molecule has 2 rings (SSSR count). The molecule has 0 amide bonds. The van der Waals surface area contributed by atoms with Crippen LogP contribution in [0.3, 0.4) is 0 Å². The summed E-state index contributed by atoms with van der Waals surface area (Å²) >= 11 is 0. The van der Waals surface area contributed by atoms with Crippen LogP contribution in [0.2, 0.25) is 0 Å². The normalized spacial score (nSPS) is 14.3. The summed E-state index contributed by atoms with van der Waals surface area (Å²) in [6.45, 7) is 0. The van der Waals surface area contributed by atoms with Crippen molar-refractivity contribution in [3.05, 3.63) is 48.0 Å². The Kier molecular flexibility index (Phi) is 2.96. The number of Topliss-reactive ketones (excluding diaryl/α,β-unsaturated/α-hetero) is 1. The Morgan fingerprint density at radius 2 is 2.00 bits per heavy atom. The molecular formula is C11H7N2O4S. The zero-order valence-corrected chi connectivity index (χ0v) is 9.85. The topological polar surface area (TPSA) is 96.8 Å². The smallest absolute Gasteiger partial charge is 0.361 e. The second-order valence-electron chi connectivity index (χ2n) is 3.44. The summed E-state index contributed by atoms with van der Waals surface area (Å²) in [7, 11) is -1.13. The molecule has 0 aromatic heterocycles. The summed E-state index contributed by atoms with van der Waals surface area (Å²) in [5.41, 5.74) is 8.79. The lowest BCUT2D eigenvalue weighted by Gasteiger charge is -2.11. The van der Waals surface area contributed by atoms with Crippen molar-refractivity contribution in [3.63, 3.8) is 0 Å². The maximum absolute atomic E-state index is 11.8. The van der Waals surface area contributed by atoms with E-state index < -0.39 is 15.9 Å². The Hall–Kier alpha value is -2.08. The summed E-state index contributed by atoms with van der Waals surface area (Å²) in [5, 5.41) is 0. The quantitative estimate of drug-likeness (QED) is 0.452. The number of carbonyl (C=O) groups excluding carboxylic acids is 1. The first kappa shape index (κ1) is 12.4. The predicted molar refractivity (Wildman–Crippen MR) is 62.1 cm³/mol. The predicted octanol–water partition coefficient (Wildman–Crippen LogP) is 1.06. The van der Waals surface area contributed by atoms with E-state index >= 15 is 0 Å². The monoisotopic (exact) mass is 263 g/mol. The molecule has 0 unspecified atom stereocenters. The van der Waals surface area contributed by atoms with Gasteiger partial charge in [0.05, 0.1) is 7.11 Å². The highest BCUT2D eigenvalue weighted by atomic mass is 32.2. The summed E-state index contributed by atoms with van der Waals surface area (Å²) in [6, 6.07) is 4.14. The molecule has 0 spiro atoms. The molecule has 0 heterocycles. The number of hydrogen-bond acceptors (Lipinski definition) is 4. The Morgan fingerprint density at radius 1 is 1.28 bits per heavy atom. The van der Waals surface area contributed by atoms with Crippen LogP contribution in [0.15, 0.2) is 29.2 Å². The molecule has 1 radical (unpaired) electrons. The van der Waals surface area contributed by atoms with Crippen molar-refractivity contribution in [2.45, 2.75) is 4.90 Å². The number of hydrogen-bond donors (Lipinski definition) is 0. The van der Waals surface area contributed by atoms with E-state index in [4.69, 9.17) is 5.53 Å². The fourth-order valence-corrected chi connectivity index (χ4v) is 2.47. The highest BCUT2D eigenvalue weighted by Crippen LogP contribution is 2.26. The van der Waals surface area contributed by atoms with Gasteiger partial charge in [-0.25, -0.2) is 0 Å². The second kappa shape index (κ2) is 4.30. The molecule has 0 aliphatic heterocycles. The first-order valence-electron chi connectivity index (χ1n) is 4.78. The number of benzene rings is 1. The Labute approximate surface area is 103 Å². The lowest BCUT2D eigenvalue weighted by molar-refractivity contribution is -0.00436. The van der Waals surface area contributed by atoms with Gasteiger partial charge in [-0.05, 0) is 12.1 Å². The van der Waals surface area contributed by atoms with Crippen LogP contribution < -0.4 is 0 Å². The van der Waals surface area contributed by atoms with Crippen molar-refractivity contribution in [1.29, 1.82) is 0 Å². The minimum absolute atomic E-state index is 0.128.